The van der Waals surface area contributed by atoms with E-state index in [0.29, 0.717) is 5.56 Å². The molecule has 0 unspecified atom stereocenters. The Balaban J connectivity index is 1.89. The predicted molar refractivity (Wildman–Crippen MR) is 75.3 cm³/mol. The molecule has 1 aliphatic rings. The molecule has 19 heavy (non-hydrogen) atoms. The fourth-order valence-corrected chi connectivity index (χ4v) is 2.59. The van der Waals surface area contributed by atoms with Gasteiger partial charge in [-0.2, -0.15) is 0 Å². The van der Waals surface area contributed by atoms with Crippen LogP contribution in [0.25, 0.3) is 0 Å². The number of benzene rings is 1. The molecule has 0 radical (unpaired) electrons. The number of carbonyl (C=O) groups is 1. The molecule has 0 aromatic heterocycles. The normalized spacial score (nSPS) is 16.6. The van der Waals surface area contributed by atoms with Gasteiger partial charge in [-0.05, 0) is 57.0 Å². The number of likely N-dealkylation sites (tertiary alicyclic amines) is 1. The van der Waals surface area contributed by atoms with E-state index in [1.807, 2.05) is 11.9 Å². The maximum atomic E-state index is 12.3. The highest BCUT2D eigenvalue weighted by atomic mass is 16.3. The lowest BCUT2D eigenvalue weighted by Crippen LogP contribution is -2.38. The maximum absolute atomic E-state index is 12.3. The van der Waals surface area contributed by atoms with E-state index in [-0.39, 0.29) is 11.7 Å². The van der Waals surface area contributed by atoms with Crippen molar-refractivity contribution in [2.24, 2.45) is 5.92 Å². The van der Waals surface area contributed by atoms with Gasteiger partial charge in [-0.3, -0.25) is 4.79 Å². The van der Waals surface area contributed by atoms with E-state index in [1.54, 1.807) is 18.2 Å². The minimum atomic E-state index is 0.0305. The first kappa shape index (κ1) is 13.9. The van der Waals surface area contributed by atoms with Gasteiger partial charge in [0.2, 0.25) is 0 Å². The number of carbonyl (C=O) groups excluding carboxylic acids is 1. The van der Waals surface area contributed by atoms with E-state index in [1.165, 1.54) is 12.5 Å². The van der Waals surface area contributed by atoms with Gasteiger partial charge in [0, 0.05) is 18.7 Å². The second-order valence-electron chi connectivity index (χ2n) is 5.18. The average molecular weight is 262 g/mol. The van der Waals surface area contributed by atoms with Crippen LogP contribution in [0.2, 0.25) is 0 Å². The van der Waals surface area contributed by atoms with Crippen LogP contribution >= 0.6 is 0 Å². The van der Waals surface area contributed by atoms with Crippen molar-refractivity contribution in [1.82, 2.24) is 10.2 Å². The summed E-state index contributed by atoms with van der Waals surface area (Å²) in [6.45, 7) is 2.69. The predicted octanol–water partition coefficient (Wildman–Crippen LogP) is 1.85. The highest BCUT2D eigenvalue weighted by molar-refractivity contribution is 5.94. The standard InChI is InChI=1S/C15H22N2O2/c1-16-8-5-12-6-9-17(10-7-12)15(19)13-3-2-4-14(18)11-13/h2-4,11-12,16,18H,5-10H2,1H3. The topological polar surface area (TPSA) is 52.6 Å². The molecular formula is C15H22N2O2. The summed E-state index contributed by atoms with van der Waals surface area (Å²) in [6.07, 6.45) is 3.34. The Kier molecular flexibility index (Phi) is 4.80. The first-order valence-corrected chi connectivity index (χ1v) is 6.93. The number of phenolic OH excluding ortho intramolecular Hbond substituents is 1. The summed E-state index contributed by atoms with van der Waals surface area (Å²) in [5, 5.41) is 12.6. The van der Waals surface area contributed by atoms with Crippen LogP contribution in [0.5, 0.6) is 5.75 Å². The number of hydrogen-bond acceptors (Lipinski definition) is 3. The van der Waals surface area contributed by atoms with Crippen molar-refractivity contribution in [2.45, 2.75) is 19.3 Å². The van der Waals surface area contributed by atoms with Gasteiger partial charge in [-0.15, -0.1) is 0 Å². The van der Waals surface area contributed by atoms with Crippen molar-refractivity contribution in [3.8, 4) is 5.75 Å². The van der Waals surface area contributed by atoms with Crippen LogP contribution in [0.3, 0.4) is 0 Å². The number of nitrogens with one attached hydrogen (secondary N) is 1. The van der Waals surface area contributed by atoms with Crippen LogP contribution in [0, 0.1) is 5.92 Å². The van der Waals surface area contributed by atoms with Crippen molar-refractivity contribution in [2.75, 3.05) is 26.7 Å². The summed E-state index contributed by atoms with van der Waals surface area (Å²) in [4.78, 5) is 14.2. The zero-order valence-corrected chi connectivity index (χ0v) is 11.4. The maximum Gasteiger partial charge on any atom is 0.253 e. The lowest BCUT2D eigenvalue weighted by molar-refractivity contribution is 0.0686. The third-order valence-corrected chi connectivity index (χ3v) is 3.80. The Bertz CT molecular complexity index is 426. The highest BCUT2D eigenvalue weighted by Gasteiger charge is 2.23. The van der Waals surface area contributed by atoms with Gasteiger partial charge in [0.25, 0.3) is 5.91 Å². The van der Waals surface area contributed by atoms with Gasteiger partial charge in [-0.25, -0.2) is 0 Å². The van der Waals surface area contributed by atoms with Crippen LogP contribution < -0.4 is 5.32 Å². The largest absolute Gasteiger partial charge is 0.508 e. The quantitative estimate of drug-likeness (QED) is 0.870. The number of hydrogen-bond donors (Lipinski definition) is 2. The first-order valence-electron chi connectivity index (χ1n) is 6.93. The molecule has 1 aromatic rings. The van der Waals surface area contributed by atoms with Gasteiger partial charge < -0.3 is 15.3 Å². The number of amides is 1. The van der Waals surface area contributed by atoms with Crippen molar-refractivity contribution in [3.05, 3.63) is 29.8 Å². The van der Waals surface area contributed by atoms with Crippen molar-refractivity contribution >= 4 is 5.91 Å². The first-order chi connectivity index (χ1) is 9.20. The molecule has 1 saturated heterocycles. The van der Waals surface area contributed by atoms with Crippen molar-refractivity contribution in [3.63, 3.8) is 0 Å². The van der Waals surface area contributed by atoms with E-state index < -0.39 is 0 Å². The monoisotopic (exact) mass is 262 g/mol. The summed E-state index contributed by atoms with van der Waals surface area (Å²) in [5.41, 5.74) is 0.577. The molecule has 0 bridgehead atoms. The Morgan fingerprint density at radius 2 is 2.16 bits per heavy atom. The van der Waals surface area contributed by atoms with Gasteiger partial charge in [0.15, 0.2) is 0 Å². The SMILES string of the molecule is CNCCC1CCN(C(=O)c2cccc(O)c2)CC1. The third kappa shape index (κ3) is 3.70. The fourth-order valence-electron chi connectivity index (χ4n) is 2.59. The number of nitrogens with zero attached hydrogens (tertiary/aromatic N) is 1. The zero-order valence-electron chi connectivity index (χ0n) is 11.4. The van der Waals surface area contributed by atoms with Crippen LogP contribution in [-0.2, 0) is 0 Å². The van der Waals surface area contributed by atoms with E-state index in [2.05, 4.69) is 5.32 Å². The summed E-state index contributed by atoms with van der Waals surface area (Å²) < 4.78 is 0. The Morgan fingerprint density at radius 3 is 2.79 bits per heavy atom. The molecule has 4 heteroatoms. The number of aromatic hydroxyl groups is 1. The third-order valence-electron chi connectivity index (χ3n) is 3.80. The van der Waals surface area contributed by atoms with Crippen molar-refractivity contribution < 1.29 is 9.90 Å². The summed E-state index contributed by atoms with van der Waals surface area (Å²) >= 11 is 0. The van der Waals surface area contributed by atoms with Gasteiger partial charge in [0.05, 0.1) is 0 Å². The Morgan fingerprint density at radius 1 is 1.42 bits per heavy atom. The smallest absolute Gasteiger partial charge is 0.253 e. The molecule has 4 nitrogen and oxygen atoms in total. The van der Waals surface area contributed by atoms with Gasteiger partial charge in [-0.1, -0.05) is 6.07 Å². The van der Waals surface area contributed by atoms with E-state index in [0.717, 1.165) is 38.4 Å². The average Bonchev–Trinajstić information content (AvgIpc) is 2.45. The van der Waals surface area contributed by atoms with E-state index in [9.17, 15) is 9.90 Å². The number of phenols is 1. The molecule has 0 aliphatic carbocycles. The summed E-state index contributed by atoms with van der Waals surface area (Å²) in [7, 11) is 1.97. The van der Waals surface area contributed by atoms with Crippen molar-refractivity contribution in [1.29, 1.82) is 0 Å². The molecule has 1 amide bonds. The molecule has 0 atom stereocenters. The molecule has 1 fully saturated rings. The van der Waals surface area contributed by atoms with Gasteiger partial charge in [0.1, 0.15) is 5.75 Å². The van der Waals surface area contributed by atoms with Crippen LogP contribution in [0.15, 0.2) is 24.3 Å². The molecular weight excluding hydrogens is 240 g/mol. The van der Waals surface area contributed by atoms with Crippen LogP contribution in [0.1, 0.15) is 29.6 Å². The molecule has 0 spiro atoms. The molecule has 104 valence electrons. The second-order valence-corrected chi connectivity index (χ2v) is 5.18. The molecule has 2 rings (SSSR count). The Labute approximate surface area is 114 Å². The van der Waals surface area contributed by atoms with E-state index >= 15 is 0 Å². The fraction of sp³-hybridized carbons (Fsp3) is 0.533. The summed E-state index contributed by atoms with van der Waals surface area (Å²) in [6, 6.07) is 6.59. The Hall–Kier alpha value is -1.55. The molecule has 1 heterocycles. The lowest BCUT2D eigenvalue weighted by Gasteiger charge is -2.32. The minimum Gasteiger partial charge on any atom is -0.508 e. The number of rotatable bonds is 4. The number of piperidine rings is 1. The molecule has 0 saturated carbocycles. The molecule has 1 aromatic carbocycles. The second kappa shape index (κ2) is 6.57. The summed E-state index contributed by atoms with van der Waals surface area (Å²) in [5.74, 6) is 0.901. The van der Waals surface area contributed by atoms with Crippen LogP contribution in [-0.4, -0.2) is 42.6 Å². The van der Waals surface area contributed by atoms with Gasteiger partial charge >= 0.3 is 0 Å². The lowest BCUT2D eigenvalue weighted by atomic mass is 9.93. The molecule has 2 N–H and O–H groups in total. The highest BCUT2D eigenvalue weighted by Crippen LogP contribution is 2.22. The molecule has 1 aliphatic heterocycles. The zero-order chi connectivity index (χ0) is 13.7. The van der Waals surface area contributed by atoms with E-state index in [4.69, 9.17) is 0 Å². The van der Waals surface area contributed by atoms with Crippen LogP contribution in [0.4, 0.5) is 0 Å². The minimum absolute atomic E-state index is 0.0305.